The second-order valence-electron chi connectivity index (χ2n) is 4.48. The molecule has 0 aliphatic heterocycles. The van der Waals surface area contributed by atoms with Gasteiger partial charge in [0, 0.05) is 22.8 Å². The van der Waals surface area contributed by atoms with Crippen molar-refractivity contribution in [3.8, 4) is 0 Å². The van der Waals surface area contributed by atoms with Gasteiger partial charge in [-0.1, -0.05) is 23.7 Å². The molecule has 0 radical (unpaired) electrons. The molecule has 0 unspecified atom stereocenters. The Balaban J connectivity index is 2.07. The summed E-state index contributed by atoms with van der Waals surface area (Å²) in [4.78, 5) is 23.1. The number of primary amides is 1. The van der Waals surface area contributed by atoms with Crippen molar-refractivity contribution >= 4 is 29.1 Å². The molecular formula is C15H14ClN3O2. The van der Waals surface area contributed by atoms with E-state index in [0.717, 1.165) is 5.56 Å². The van der Waals surface area contributed by atoms with Gasteiger partial charge >= 0.3 is 0 Å². The molecule has 0 atom stereocenters. The van der Waals surface area contributed by atoms with Gasteiger partial charge in [0.1, 0.15) is 0 Å². The van der Waals surface area contributed by atoms with Crippen LogP contribution in [0.15, 0.2) is 42.5 Å². The number of benzene rings is 2. The summed E-state index contributed by atoms with van der Waals surface area (Å²) in [5.41, 5.74) is 12.8. The minimum atomic E-state index is -0.509. The van der Waals surface area contributed by atoms with Crippen molar-refractivity contribution in [2.45, 2.75) is 6.54 Å². The highest BCUT2D eigenvalue weighted by Crippen LogP contribution is 2.18. The third kappa shape index (κ3) is 3.73. The maximum Gasteiger partial charge on any atom is 0.253 e. The SMILES string of the molecule is NC(=O)c1cccc(CNC(=O)c2ccc(Cl)cc2N)c1. The van der Waals surface area contributed by atoms with Gasteiger partial charge in [0.15, 0.2) is 0 Å². The highest BCUT2D eigenvalue weighted by molar-refractivity contribution is 6.31. The minimum absolute atomic E-state index is 0.266. The van der Waals surface area contributed by atoms with Crippen molar-refractivity contribution < 1.29 is 9.59 Å². The van der Waals surface area contributed by atoms with Crippen molar-refractivity contribution in [2.24, 2.45) is 5.73 Å². The van der Waals surface area contributed by atoms with Crippen LogP contribution in [-0.4, -0.2) is 11.8 Å². The van der Waals surface area contributed by atoms with Crippen LogP contribution >= 0.6 is 11.6 Å². The van der Waals surface area contributed by atoms with E-state index in [4.69, 9.17) is 23.1 Å². The van der Waals surface area contributed by atoms with Crippen molar-refractivity contribution in [1.29, 1.82) is 0 Å². The molecule has 0 heterocycles. The Morgan fingerprint density at radius 1 is 1.14 bits per heavy atom. The van der Waals surface area contributed by atoms with Crippen LogP contribution in [0.4, 0.5) is 5.69 Å². The molecule has 2 aromatic carbocycles. The molecule has 0 fully saturated rings. The van der Waals surface area contributed by atoms with Crippen molar-refractivity contribution in [2.75, 3.05) is 5.73 Å². The maximum absolute atomic E-state index is 12.0. The van der Waals surface area contributed by atoms with Crippen LogP contribution < -0.4 is 16.8 Å². The van der Waals surface area contributed by atoms with Gasteiger partial charge in [-0.25, -0.2) is 0 Å². The molecule has 2 aromatic rings. The van der Waals surface area contributed by atoms with Crippen LogP contribution in [0.3, 0.4) is 0 Å². The number of carbonyl (C=O) groups excluding carboxylic acids is 2. The number of rotatable bonds is 4. The largest absolute Gasteiger partial charge is 0.398 e. The van der Waals surface area contributed by atoms with Crippen molar-refractivity contribution in [3.63, 3.8) is 0 Å². The number of halogens is 1. The summed E-state index contributed by atoms with van der Waals surface area (Å²) in [5.74, 6) is -0.821. The summed E-state index contributed by atoms with van der Waals surface area (Å²) < 4.78 is 0. The number of amides is 2. The van der Waals surface area contributed by atoms with E-state index in [1.807, 2.05) is 0 Å². The number of hydrogen-bond acceptors (Lipinski definition) is 3. The Kier molecular flexibility index (Phi) is 4.45. The summed E-state index contributed by atoms with van der Waals surface area (Å²) in [6.07, 6.45) is 0. The quantitative estimate of drug-likeness (QED) is 0.753. The van der Waals surface area contributed by atoms with Gasteiger partial charge in [-0.3, -0.25) is 9.59 Å². The highest BCUT2D eigenvalue weighted by atomic mass is 35.5. The Morgan fingerprint density at radius 3 is 2.57 bits per heavy atom. The van der Waals surface area contributed by atoms with Gasteiger partial charge in [-0.15, -0.1) is 0 Å². The fourth-order valence-electron chi connectivity index (χ4n) is 1.85. The van der Waals surface area contributed by atoms with E-state index in [2.05, 4.69) is 5.32 Å². The van der Waals surface area contributed by atoms with Crippen molar-refractivity contribution in [1.82, 2.24) is 5.32 Å². The highest BCUT2D eigenvalue weighted by Gasteiger charge is 2.10. The fourth-order valence-corrected chi connectivity index (χ4v) is 2.03. The Hall–Kier alpha value is -2.53. The lowest BCUT2D eigenvalue weighted by molar-refractivity contribution is 0.0951. The molecule has 0 saturated heterocycles. The van der Waals surface area contributed by atoms with Crippen LogP contribution in [0.25, 0.3) is 0 Å². The van der Waals surface area contributed by atoms with Crippen LogP contribution in [-0.2, 0) is 6.54 Å². The van der Waals surface area contributed by atoms with Gasteiger partial charge in [0.25, 0.3) is 5.91 Å². The second-order valence-corrected chi connectivity index (χ2v) is 4.92. The predicted octanol–water partition coefficient (Wildman–Crippen LogP) is 1.95. The fraction of sp³-hybridized carbons (Fsp3) is 0.0667. The smallest absolute Gasteiger partial charge is 0.253 e. The summed E-state index contributed by atoms with van der Waals surface area (Å²) in [5, 5.41) is 3.20. The molecule has 108 valence electrons. The van der Waals surface area contributed by atoms with E-state index in [1.54, 1.807) is 36.4 Å². The number of nitrogen functional groups attached to an aromatic ring is 1. The molecule has 0 spiro atoms. The number of anilines is 1. The molecule has 0 aliphatic carbocycles. The lowest BCUT2D eigenvalue weighted by Crippen LogP contribution is -2.24. The summed E-state index contributed by atoms with van der Waals surface area (Å²) >= 11 is 5.79. The topological polar surface area (TPSA) is 98.2 Å². The summed E-state index contributed by atoms with van der Waals surface area (Å²) in [6.45, 7) is 0.266. The number of carbonyl (C=O) groups is 2. The van der Waals surface area contributed by atoms with Crippen LogP contribution in [0, 0.1) is 0 Å². The van der Waals surface area contributed by atoms with Crippen molar-refractivity contribution in [3.05, 3.63) is 64.2 Å². The van der Waals surface area contributed by atoms with E-state index in [0.29, 0.717) is 21.8 Å². The predicted molar refractivity (Wildman–Crippen MR) is 82.0 cm³/mol. The van der Waals surface area contributed by atoms with Crippen LogP contribution in [0.1, 0.15) is 26.3 Å². The Bertz CT molecular complexity index is 701. The molecule has 0 aromatic heterocycles. The standard InChI is InChI=1S/C15H14ClN3O2/c16-11-4-5-12(13(17)7-11)15(21)19-8-9-2-1-3-10(6-9)14(18)20/h1-7H,8,17H2,(H2,18,20)(H,19,21). The zero-order valence-corrected chi connectivity index (χ0v) is 11.9. The molecule has 21 heavy (non-hydrogen) atoms. The number of nitrogens with two attached hydrogens (primary N) is 2. The maximum atomic E-state index is 12.0. The number of hydrogen-bond donors (Lipinski definition) is 3. The summed E-state index contributed by atoms with van der Waals surface area (Å²) in [7, 11) is 0. The third-order valence-electron chi connectivity index (χ3n) is 2.92. The minimum Gasteiger partial charge on any atom is -0.398 e. The average Bonchev–Trinajstić information content (AvgIpc) is 2.45. The Morgan fingerprint density at radius 2 is 1.90 bits per heavy atom. The molecule has 6 heteroatoms. The molecule has 5 nitrogen and oxygen atoms in total. The second kappa shape index (κ2) is 6.28. The van der Waals surface area contributed by atoms with Gasteiger partial charge in [-0.2, -0.15) is 0 Å². The zero-order chi connectivity index (χ0) is 15.4. The van der Waals surface area contributed by atoms with E-state index in [9.17, 15) is 9.59 Å². The third-order valence-corrected chi connectivity index (χ3v) is 3.16. The summed E-state index contributed by atoms with van der Waals surface area (Å²) in [6, 6.07) is 11.4. The van der Waals surface area contributed by atoms with Crippen LogP contribution in [0.2, 0.25) is 5.02 Å². The number of nitrogens with one attached hydrogen (secondary N) is 1. The molecule has 5 N–H and O–H groups in total. The van der Waals surface area contributed by atoms with E-state index < -0.39 is 5.91 Å². The Labute approximate surface area is 126 Å². The van der Waals surface area contributed by atoms with Gasteiger partial charge in [0.2, 0.25) is 5.91 Å². The zero-order valence-electron chi connectivity index (χ0n) is 11.1. The molecule has 0 bridgehead atoms. The lowest BCUT2D eigenvalue weighted by atomic mass is 10.1. The molecule has 0 saturated carbocycles. The van der Waals surface area contributed by atoms with E-state index in [-0.39, 0.29) is 12.5 Å². The van der Waals surface area contributed by atoms with E-state index >= 15 is 0 Å². The first kappa shape index (κ1) is 14.9. The molecular weight excluding hydrogens is 290 g/mol. The van der Waals surface area contributed by atoms with Gasteiger partial charge in [0.05, 0.1) is 5.56 Å². The van der Waals surface area contributed by atoms with Crippen LogP contribution in [0.5, 0.6) is 0 Å². The first-order valence-electron chi connectivity index (χ1n) is 6.19. The molecule has 2 rings (SSSR count). The lowest BCUT2D eigenvalue weighted by Gasteiger charge is -2.08. The van der Waals surface area contributed by atoms with Gasteiger partial charge in [-0.05, 0) is 35.9 Å². The normalized spacial score (nSPS) is 10.1. The van der Waals surface area contributed by atoms with E-state index in [1.165, 1.54) is 6.07 Å². The average molecular weight is 304 g/mol. The van der Waals surface area contributed by atoms with Gasteiger partial charge < -0.3 is 16.8 Å². The molecule has 0 aliphatic rings. The first-order valence-corrected chi connectivity index (χ1v) is 6.57. The molecule has 2 amide bonds. The first-order chi connectivity index (χ1) is 9.97. The monoisotopic (exact) mass is 303 g/mol.